The van der Waals surface area contributed by atoms with Crippen LogP contribution in [0, 0.1) is 13.8 Å². The molecule has 8 nitrogen and oxygen atoms in total. The maximum atomic E-state index is 12.6. The first-order valence-corrected chi connectivity index (χ1v) is 10.1. The number of rotatable bonds is 6. The average molecular weight is 399 g/mol. The number of oxazole rings is 1. The van der Waals surface area contributed by atoms with E-state index in [-0.39, 0.29) is 12.5 Å². The molecule has 2 N–H and O–H groups in total. The number of carbonyl (C=O) groups excluding carboxylic acids is 1. The first-order chi connectivity index (χ1) is 14.1. The number of para-hydroxylation sites is 1. The number of nitrogens with one attached hydrogen (secondary N) is 2. The second-order valence-electron chi connectivity index (χ2n) is 7.00. The monoisotopic (exact) mass is 398 g/mol. The second kappa shape index (κ2) is 9.95. The summed E-state index contributed by atoms with van der Waals surface area (Å²) in [7, 11) is 0. The number of anilines is 1. The zero-order valence-corrected chi connectivity index (χ0v) is 17.4. The summed E-state index contributed by atoms with van der Waals surface area (Å²) in [4.78, 5) is 25.6. The van der Waals surface area contributed by atoms with E-state index in [2.05, 4.69) is 37.6 Å². The van der Waals surface area contributed by atoms with Crippen molar-refractivity contribution in [3.05, 3.63) is 47.7 Å². The summed E-state index contributed by atoms with van der Waals surface area (Å²) in [5.74, 6) is 2.04. The van der Waals surface area contributed by atoms with Crippen molar-refractivity contribution in [2.45, 2.75) is 27.3 Å². The van der Waals surface area contributed by atoms with Gasteiger partial charge in [0.05, 0.1) is 12.2 Å². The lowest BCUT2D eigenvalue weighted by molar-refractivity contribution is -0.129. The molecule has 0 unspecified atom stereocenters. The molecule has 1 aromatic heterocycles. The fraction of sp³-hybridized carbons (Fsp3) is 0.476. The largest absolute Gasteiger partial charge is 0.444 e. The zero-order chi connectivity index (χ0) is 20.6. The molecule has 0 aliphatic carbocycles. The molecule has 0 saturated carbocycles. The number of carbonyl (C=O) groups is 1. The summed E-state index contributed by atoms with van der Waals surface area (Å²) in [6, 6.07) is 10.3. The Kier molecular flexibility index (Phi) is 7.10. The molecule has 29 heavy (non-hydrogen) atoms. The number of benzene rings is 1. The van der Waals surface area contributed by atoms with E-state index >= 15 is 0 Å². The first-order valence-electron chi connectivity index (χ1n) is 10.1. The van der Waals surface area contributed by atoms with Crippen molar-refractivity contribution < 1.29 is 9.21 Å². The van der Waals surface area contributed by atoms with Crippen molar-refractivity contribution in [2.75, 3.05) is 44.2 Å². The lowest BCUT2D eigenvalue weighted by Gasteiger charge is -2.36. The van der Waals surface area contributed by atoms with E-state index in [4.69, 9.17) is 4.42 Å². The SMILES string of the molecule is CCNC(=NCC(=O)N1CCN(c2ccccc2)CC1)NCc1nc(C)c(C)o1. The average Bonchev–Trinajstić information content (AvgIpc) is 3.08. The highest BCUT2D eigenvalue weighted by atomic mass is 16.4. The van der Waals surface area contributed by atoms with Gasteiger partial charge in [-0.05, 0) is 32.9 Å². The number of hydrogen-bond acceptors (Lipinski definition) is 5. The van der Waals surface area contributed by atoms with Crippen LogP contribution < -0.4 is 15.5 Å². The van der Waals surface area contributed by atoms with Crippen molar-refractivity contribution in [2.24, 2.45) is 4.99 Å². The van der Waals surface area contributed by atoms with Gasteiger partial charge in [-0.1, -0.05) is 18.2 Å². The summed E-state index contributed by atoms with van der Waals surface area (Å²) >= 11 is 0. The van der Waals surface area contributed by atoms with Gasteiger partial charge >= 0.3 is 0 Å². The summed E-state index contributed by atoms with van der Waals surface area (Å²) in [6.45, 7) is 10.1. The van der Waals surface area contributed by atoms with Crippen LogP contribution in [0.4, 0.5) is 5.69 Å². The van der Waals surface area contributed by atoms with E-state index in [0.29, 0.717) is 38.0 Å². The number of aliphatic imine (C=N–C) groups is 1. The van der Waals surface area contributed by atoms with Crippen molar-refractivity contribution in [3.63, 3.8) is 0 Å². The van der Waals surface area contributed by atoms with Crippen LogP contribution in [0.15, 0.2) is 39.7 Å². The molecule has 0 bridgehead atoms. The third-order valence-electron chi connectivity index (χ3n) is 4.95. The van der Waals surface area contributed by atoms with Crippen LogP contribution in [0.2, 0.25) is 0 Å². The molecule has 1 aliphatic rings. The van der Waals surface area contributed by atoms with E-state index in [1.165, 1.54) is 5.69 Å². The van der Waals surface area contributed by atoms with E-state index < -0.39 is 0 Å². The normalized spacial score (nSPS) is 14.8. The number of piperazine rings is 1. The third kappa shape index (κ3) is 5.73. The molecule has 0 radical (unpaired) electrons. The molecule has 156 valence electrons. The molecule has 3 rings (SSSR count). The van der Waals surface area contributed by atoms with Gasteiger partial charge in [0.15, 0.2) is 5.96 Å². The van der Waals surface area contributed by atoms with E-state index in [9.17, 15) is 4.79 Å². The second-order valence-corrected chi connectivity index (χ2v) is 7.00. The smallest absolute Gasteiger partial charge is 0.244 e. The van der Waals surface area contributed by atoms with Gasteiger partial charge in [0.25, 0.3) is 0 Å². The Morgan fingerprint density at radius 2 is 1.86 bits per heavy atom. The lowest BCUT2D eigenvalue weighted by Crippen LogP contribution is -2.49. The van der Waals surface area contributed by atoms with Crippen LogP contribution in [-0.2, 0) is 11.3 Å². The van der Waals surface area contributed by atoms with Crippen LogP contribution in [0.1, 0.15) is 24.3 Å². The molecule has 2 heterocycles. The molecule has 1 amide bonds. The number of aryl methyl sites for hydroxylation is 2. The number of hydrogen-bond donors (Lipinski definition) is 2. The minimum atomic E-state index is 0.0396. The number of nitrogens with zero attached hydrogens (tertiary/aromatic N) is 4. The summed E-state index contributed by atoms with van der Waals surface area (Å²) in [6.07, 6.45) is 0. The Hall–Kier alpha value is -3.03. The molecule has 0 atom stereocenters. The molecule has 0 spiro atoms. The van der Waals surface area contributed by atoms with Crippen LogP contribution in [0.25, 0.3) is 0 Å². The van der Waals surface area contributed by atoms with Crippen LogP contribution in [-0.4, -0.2) is 61.0 Å². The van der Waals surface area contributed by atoms with Crippen LogP contribution in [0.5, 0.6) is 0 Å². The molecule has 1 fully saturated rings. The summed E-state index contributed by atoms with van der Waals surface area (Å²) in [5.41, 5.74) is 2.09. The standard InChI is InChI=1S/C21H30N6O2/c1-4-22-21(23-14-19-25-16(2)17(3)29-19)24-15-20(28)27-12-10-26(11-13-27)18-8-6-5-7-9-18/h5-9H,4,10-15H2,1-3H3,(H2,22,23,24). The van der Waals surface area contributed by atoms with Crippen molar-refractivity contribution in [1.29, 1.82) is 0 Å². The van der Waals surface area contributed by atoms with Crippen molar-refractivity contribution in [1.82, 2.24) is 20.5 Å². The van der Waals surface area contributed by atoms with Crippen LogP contribution >= 0.6 is 0 Å². The maximum absolute atomic E-state index is 12.6. The molecule has 1 aliphatic heterocycles. The fourth-order valence-corrected chi connectivity index (χ4v) is 3.22. The number of aromatic nitrogens is 1. The Morgan fingerprint density at radius 3 is 2.48 bits per heavy atom. The maximum Gasteiger partial charge on any atom is 0.244 e. The first kappa shape index (κ1) is 20.7. The highest BCUT2D eigenvalue weighted by Crippen LogP contribution is 2.15. The fourth-order valence-electron chi connectivity index (χ4n) is 3.22. The summed E-state index contributed by atoms with van der Waals surface area (Å²) in [5, 5.41) is 6.32. The van der Waals surface area contributed by atoms with Gasteiger partial charge in [-0.3, -0.25) is 4.79 Å². The highest BCUT2D eigenvalue weighted by molar-refractivity contribution is 5.85. The molecule has 8 heteroatoms. The van der Waals surface area contributed by atoms with Gasteiger partial charge in [0.2, 0.25) is 11.8 Å². The van der Waals surface area contributed by atoms with Gasteiger partial charge in [-0.25, -0.2) is 9.98 Å². The predicted molar refractivity (Wildman–Crippen MR) is 114 cm³/mol. The molecular weight excluding hydrogens is 368 g/mol. The third-order valence-corrected chi connectivity index (χ3v) is 4.95. The lowest BCUT2D eigenvalue weighted by atomic mass is 10.2. The topological polar surface area (TPSA) is 86.0 Å². The zero-order valence-electron chi connectivity index (χ0n) is 17.4. The molecule has 2 aromatic rings. The Balaban J connectivity index is 1.49. The summed E-state index contributed by atoms with van der Waals surface area (Å²) < 4.78 is 5.57. The molecule has 1 saturated heterocycles. The van der Waals surface area contributed by atoms with Crippen molar-refractivity contribution >= 4 is 17.6 Å². The van der Waals surface area contributed by atoms with E-state index in [0.717, 1.165) is 24.5 Å². The molecule has 1 aromatic carbocycles. The minimum absolute atomic E-state index is 0.0396. The molecular formula is C21H30N6O2. The highest BCUT2D eigenvalue weighted by Gasteiger charge is 2.21. The van der Waals surface area contributed by atoms with Gasteiger partial charge < -0.3 is 24.9 Å². The minimum Gasteiger partial charge on any atom is -0.444 e. The van der Waals surface area contributed by atoms with E-state index in [1.807, 2.05) is 43.9 Å². The van der Waals surface area contributed by atoms with Gasteiger partial charge in [0, 0.05) is 38.4 Å². The van der Waals surface area contributed by atoms with Gasteiger partial charge in [0.1, 0.15) is 12.3 Å². The van der Waals surface area contributed by atoms with Gasteiger partial charge in [-0.2, -0.15) is 0 Å². The Bertz CT molecular complexity index is 805. The van der Waals surface area contributed by atoms with Crippen molar-refractivity contribution in [3.8, 4) is 0 Å². The Labute approximate surface area is 172 Å². The van der Waals surface area contributed by atoms with Gasteiger partial charge in [-0.15, -0.1) is 0 Å². The number of amides is 1. The predicted octanol–water partition coefficient (Wildman–Crippen LogP) is 1.70. The van der Waals surface area contributed by atoms with Crippen LogP contribution in [0.3, 0.4) is 0 Å². The number of guanidine groups is 1. The van der Waals surface area contributed by atoms with E-state index in [1.54, 1.807) is 0 Å². The Morgan fingerprint density at radius 1 is 1.14 bits per heavy atom. The quantitative estimate of drug-likeness (QED) is 0.569.